The second kappa shape index (κ2) is 7.21. The van der Waals surface area contributed by atoms with Gasteiger partial charge in [0.15, 0.2) is 0 Å². The van der Waals surface area contributed by atoms with Crippen LogP contribution in [-0.4, -0.2) is 25.8 Å². The van der Waals surface area contributed by atoms with Gasteiger partial charge in [-0.25, -0.2) is 0 Å². The van der Waals surface area contributed by atoms with Crippen LogP contribution in [0.25, 0.3) is 0 Å². The van der Waals surface area contributed by atoms with E-state index in [4.69, 9.17) is 5.73 Å². The van der Waals surface area contributed by atoms with E-state index in [9.17, 15) is 13.2 Å². The molecule has 1 rings (SSSR count). The van der Waals surface area contributed by atoms with Crippen molar-refractivity contribution in [2.75, 3.05) is 19.6 Å². The highest BCUT2D eigenvalue weighted by atomic mass is 19.4. The molecule has 0 aromatic rings. The average molecular weight is 252 g/mol. The average Bonchev–Trinajstić information content (AvgIpc) is 2.28. The summed E-state index contributed by atoms with van der Waals surface area (Å²) in [5, 5.41) is 3.13. The third-order valence-electron chi connectivity index (χ3n) is 3.55. The summed E-state index contributed by atoms with van der Waals surface area (Å²) in [6, 6.07) is 0. The van der Waals surface area contributed by atoms with E-state index in [2.05, 4.69) is 5.32 Å². The summed E-state index contributed by atoms with van der Waals surface area (Å²) in [4.78, 5) is 0. The maximum atomic E-state index is 11.9. The number of rotatable bonds is 6. The molecule has 0 amide bonds. The number of nitrogens with one attached hydrogen (secondary N) is 1. The Hall–Kier alpha value is -0.290. The molecule has 1 aliphatic carbocycles. The van der Waals surface area contributed by atoms with Crippen molar-refractivity contribution in [3.63, 3.8) is 0 Å². The molecule has 0 atom stereocenters. The van der Waals surface area contributed by atoms with E-state index >= 15 is 0 Å². The molecule has 1 fully saturated rings. The Kier molecular flexibility index (Phi) is 6.27. The number of alkyl halides is 3. The van der Waals surface area contributed by atoms with E-state index in [0.717, 1.165) is 25.9 Å². The van der Waals surface area contributed by atoms with Gasteiger partial charge in [0.05, 0.1) is 0 Å². The third-order valence-corrected chi connectivity index (χ3v) is 3.55. The van der Waals surface area contributed by atoms with Gasteiger partial charge < -0.3 is 11.1 Å². The monoisotopic (exact) mass is 252 g/mol. The Bertz CT molecular complexity index is 198. The molecule has 2 nitrogen and oxygen atoms in total. The van der Waals surface area contributed by atoms with Crippen LogP contribution in [0, 0.1) is 11.8 Å². The fourth-order valence-corrected chi connectivity index (χ4v) is 2.39. The maximum Gasteiger partial charge on any atom is 0.389 e. The molecule has 0 aromatic heterocycles. The molecule has 0 unspecified atom stereocenters. The van der Waals surface area contributed by atoms with Crippen molar-refractivity contribution < 1.29 is 13.2 Å². The SMILES string of the molecule is NCC1CCC(CNCCCC(F)(F)F)CC1. The first-order chi connectivity index (χ1) is 8.01. The van der Waals surface area contributed by atoms with E-state index in [1.807, 2.05) is 0 Å². The number of hydrogen-bond acceptors (Lipinski definition) is 2. The number of hydrogen-bond donors (Lipinski definition) is 2. The maximum absolute atomic E-state index is 11.9. The highest BCUT2D eigenvalue weighted by Crippen LogP contribution is 2.27. The summed E-state index contributed by atoms with van der Waals surface area (Å²) in [6.45, 7) is 2.09. The minimum Gasteiger partial charge on any atom is -0.330 e. The molecule has 3 N–H and O–H groups in total. The van der Waals surface area contributed by atoms with Gasteiger partial charge in [0.25, 0.3) is 0 Å². The minimum atomic E-state index is -4.01. The largest absolute Gasteiger partial charge is 0.389 e. The molecule has 0 saturated heterocycles. The summed E-state index contributed by atoms with van der Waals surface area (Å²) in [5.74, 6) is 1.29. The Balaban J connectivity index is 1.97. The van der Waals surface area contributed by atoms with E-state index in [-0.39, 0.29) is 6.42 Å². The standard InChI is InChI=1S/C12H23F3N2/c13-12(14,15)6-1-7-17-9-11-4-2-10(8-16)3-5-11/h10-11,17H,1-9,16H2. The second-order valence-corrected chi connectivity index (χ2v) is 5.05. The molecule has 17 heavy (non-hydrogen) atoms. The van der Waals surface area contributed by atoms with Crippen molar-refractivity contribution in [2.24, 2.45) is 17.6 Å². The summed E-state index contributed by atoms with van der Waals surface area (Å²) < 4.78 is 35.6. The Labute approximate surface area is 101 Å². The quantitative estimate of drug-likeness (QED) is 0.713. The summed E-state index contributed by atoms with van der Waals surface area (Å²) in [7, 11) is 0. The zero-order valence-corrected chi connectivity index (χ0v) is 10.2. The van der Waals surface area contributed by atoms with Crippen LogP contribution in [0.1, 0.15) is 38.5 Å². The molecule has 102 valence electrons. The van der Waals surface area contributed by atoms with Gasteiger partial charge in [0.1, 0.15) is 0 Å². The van der Waals surface area contributed by atoms with Crippen LogP contribution in [0.5, 0.6) is 0 Å². The van der Waals surface area contributed by atoms with Gasteiger partial charge in [-0.3, -0.25) is 0 Å². The predicted octanol–water partition coefficient (Wildman–Crippen LogP) is 2.68. The first kappa shape index (κ1) is 14.8. The van der Waals surface area contributed by atoms with Crippen LogP contribution in [0.15, 0.2) is 0 Å². The molecule has 0 spiro atoms. The van der Waals surface area contributed by atoms with E-state index < -0.39 is 12.6 Å². The molecule has 0 radical (unpaired) electrons. The van der Waals surface area contributed by atoms with E-state index in [0.29, 0.717) is 18.4 Å². The fourth-order valence-electron chi connectivity index (χ4n) is 2.39. The van der Waals surface area contributed by atoms with Crippen molar-refractivity contribution in [3.05, 3.63) is 0 Å². The van der Waals surface area contributed by atoms with Crippen LogP contribution in [-0.2, 0) is 0 Å². The number of halogens is 3. The molecule has 1 aliphatic rings. The van der Waals surface area contributed by atoms with Gasteiger partial charge in [-0.1, -0.05) is 0 Å². The zero-order valence-electron chi connectivity index (χ0n) is 10.2. The lowest BCUT2D eigenvalue weighted by Gasteiger charge is -2.27. The van der Waals surface area contributed by atoms with Gasteiger partial charge in [-0.05, 0) is 63.6 Å². The van der Waals surface area contributed by atoms with Crippen molar-refractivity contribution in [3.8, 4) is 0 Å². The van der Waals surface area contributed by atoms with Crippen molar-refractivity contribution in [2.45, 2.75) is 44.7 Å². The lowest BCUT2D eigenvalue weighted by Crippen LogP contribution is -2.29. The van der Waals surface area contributed by atoms with Crippen LogP contribution < -0.4 is 11.1 Å². The normalized spacial score (nSPS) is 26.1. The van der Waals surface area contributed by atoms with Crippen molar-refractivity contribution in [1.29, 1.82) is 0 Å². The fraction of sp³-hybridized carbons (Fsp3) is 1.00. The van der Waals surface area contributed by atoms with Gasteiger partial charge >= 0.3 is 6.18 Å². The molecule has 0 heterocycles. The zero-order chi connectivity index (χ0) is 12.7. The van der Waals surface area contributed by atoms with Gasteiger partial charge in [0, 0.05) is 6.42 Å². The molecule has 0 aromatic carbocycles. The molecule has 0 aliphatic heterocycles. The molecular formula is C12H23F3N2. The lowest BCUT2D eigenvalue weighted by atomic mass is 9.82. The van der Waals surface area contributed by atoms with Crippen LogP contribution in [0.3, 0.4) is 0 Å². The molecular weight excluding hydrogens is 229 g/mol. The third kappa shape index (κ3) is 6.88. The minimum absolute atomic E-state index is 0.182. The van der Waals surface area contributed by atoms with E-state index in [1.54, 1.807) is 0 Å². The highest BCUT2D eigenvalue weighted by molar-refractivity contribution is 4.74. The van der Waals surface area contributed by atoms with Gasteiger partial charge in [-0.2, -0.15) is 13.2 Å². The second-order valence-electron chi connectivity index (χ2n) is 5.05. The lowest BCUT2D eigenvalue weighted by molar-refractivity contribution is -0.135. The smallest absolute Gasteiger partial charge is 0.330 e. The number of nitrogens with two attached hydrogens (primary N) is 1. The molecule has 0 bridgehead atoms. The van der Waals surface area contributed by atoms with E-state index in [1.165, 1.54) is 12.8 Å². The highest BCUT2D eigenvalue weighted by Gasteiger charge is 2.26. The summed E-state index contributed by atoms with van der Waals surface area (Å²) in [6.07, 6.45) is 0.154. The first-order valence-electron chi connectivity index (χ1n) is 6.49. The van der Waals surface area contributed by atoms with Gasteiger partial charge in [0.2, 0.25) is 0 Å². The van der Waals surface area contributed by atoms with Gasteiger partial charge in [-0.15, -0.1) is 0 Å². The van der Waals surface area contributed by atoms with Crippen LogP contribution in [0.2, 0.25) is 0 Å². The van der Waals surface area contributed by atoms with Crippen LogP contribution in [0.4, 0.5) is 13.2 Å². The van der Waals surface area contributed by atoms with Crippen molar-refractivity contribution >= 4 is 0 Å². The summed E-state index contributed by atoms with van der Waals surface area (Å²) >= 11 is 0. The molecule has 1 saturated carbocycles. The van der Waals surface area contributed by atoms with Crippen LogP contribution >= 0.6 is 0 Å². The topological polar surface area (TPSA) is 38.0 Å². The predicted molar refractivity (Wildman–Crippen MR) is 62.7 cm³/mol. The van der Waals surface area contributed by atoms with Crippen molar-refractivity contribution in [1.82, 2.24) is 5.32 Å². The first-order valence-corrected chi connectivity index (χ1v) is 6.49. The summed E-state index contributed by atoms with van der Waals surface area (Å²) in [5.41, 5.74) is 5.61. The molecule has 5 heteroatoms. The Morgan fingerprint density at radius 1 is 1.06 bits per heavy atom. The Morgan fingerprint density at radius 3 is 2.18 bits per heavy atom. The Morgan fingerprint density at radius 2 is 1.65 bits per heavy atom.